The Morgan fingerprint density at radius 1 is 1.14 bits per heavy atom. The standard InChI is InChI=1S/C15H22O5S/c1-4-6-14(16)15(7-5-2)20-21(17,18)13-10-8-12(19-3)9-11-13/h8-11,15H,4-7H2,1-3H3. The van der Waals surface area contributed by atoms with Crippen molar-refractivity contribution >= 4 is 15.9 Å². The summed E-state index contributed by atoms with van der Waals surface area (Å²) in [4.78, 5) is 12.0. The molecule has 6 heteroatoms. The van der Waals surface area contributed by atoms with Gasteiger partial charge in [-0.3, -0.25) is 8.98 Å². The zero-order chi connectivity index (χ0) is 15.9. The van der Waals surface area contributed by atoms with Crippen LogP contribution in [0.15, 0.2) is 29.2 Å². The molecule has 0 aliphatic rings. The maximum absolute atomic E-state index is 12.2. The van der Waals surface area contributed by atoms with Gasteiger partial charge in [-0.15, -0.1) is 0 Å². The molecule has 118 valence electrons. The zero-order valence-electron chi connectivity index (χ0n) is 12.7. The molecular weight excluding hydrogens is 292 g/mol. The molecule has 0 N–H and O–H groups in total. The summed E-state index contributed by atoms with van der Waals surface area (Å²) >= 11 is 0. The highest BCUT2D eigenvalue weighted by Crippen LogP contribution is 2.20. The van der Waals surface area contributed by atoms with E-state index in [1.54, 1.807) is 12.1 Å². The zero-order valence-corrected chi connectivity index (χ0v) is 13.5. The van der Waals surface area contributed by atoms with Gasteiger partial charge in [-0.2, -0.15) is 8.42 Å². The van der Waals surface area contributed by atoms with Crippen molar-refractivity contribution in [2.75, 3.05) is 7.11 Å². The Bertz CT molecular complexity index is 548. The van der Waals surface area contributed by atoms with Crippen LogP contribution in [0.25, 0.3) is 0 Å². The summed E-state index contributed by atoms with van der Waals surface area (Å²) < 4.78 is 34.5. The van der Waals surface area contributed by atoms with Gasteiger partial charge >= 0.3 is 0 Å². The second kappa shape index (κ2) is 8.14. The predicted molar refractivity (Wildman–Crippen MR) is 79.9 cm³/mol. The average molecular weight is 314 g/mol. The molecule has 5 nitrogen and oxygen atoms in total. The number of rotatable bonds is 9. The van der Waals surface area contributed by atoms with Gasteiger partial charge in [-0.25, -0.2) is 0 Å². The van der Waals surface area contributed by atoms with Crippen molar-refractivity contribution in [2.45, 2.75) is 50.5 Å². The van der Waals surface area contributed by atoms with Crippen molar-refractivity contribution in [1.29, 1.82) is 0 Å². The minimum absolute atomic E-state index is 0.0219. The molecule has 1 rings (SSSR count). The van der Waals surface area contributed by atoms with Gasteiger partial charge in [0.25, 0.3) is 10.1 Å². The van der Waals surface area contributed by atoms with Gasteiger partial charge < -0.3 is 4.74 Å². The lowest BCUT2D eigenvalue weighted by Crippen LogP contribution is -2.27. The van der Waals surface area contributed by atoms with Crippen molar-refractivity contribution in [3.05, 3.63) is 24.3 Å². The summed E-state index contributed by atoms with van der Waals surface area (Å²) in [5.41, 5.74) is 0. The average Bonchev–Trinajstić information content (AvgIpc) is 2.47. The Kier molecular flexibility index (Phi) is 6.84. The first kappa shape index (κ1) is 17.7. The van der Waals surface area contributed by atoms with Crippen LogP contribution in [0.3, 0.4) is 0 Å². The fourth-order valence-electron chi connectivity index (χ4n) is 1.88. The third-order valence-corrected chi connectivity index (χ3v) is 4.33. The largest absolute Gasteiger partial charge is 0.497 e. The molecule has 0 fully saturated rings. The van der Waals surface area contributed by atoms with E-state index in [1.807, 2.05) is 13.8 Å². The van der Waals surface area contributed by atoms with E-state index < -0.39 is 16.2 Å². The van der Waals surface area contributed by atoms with Gasteiger partial charge in [0, 0.05) is 6.42 Å². The molecule has 0 aromatic heterocycles. The maximum atomic E-state index is 12.2. The first-order valence-electron chi connectivity index (χ1n) is 7.04. The highest BCUT2D eigenvalue weighted by molar-refractivity contribution is 7.86. The molecule has 0 aliphatic heterocycles. The third-order valence-electron chi connectivity index (χ3n) is 3.00. The van der Waals surface area contributed by atoms with Gasteiger partial charge in [-0.1, -0.05) is 20.3 Å². The van der Waals surface area contributed by atoms with E-state index in [4.69, 9.17) is 8.92 Å². The molecule has 0 saturated carbocycles. The minimum atomic E-state index is -3.95. The van der Waals surface area contributed by atoms with Crippen LogP contribution in [-0.2, 0) is 19.1 Å². The lowest BCUT2D eigenvalue weighted by Gasteiger charge is -2.15. The third kappa shape index (κ3) is 5.13. The van der Waals surface area contributed by atoms with Crippen molar-refractivity contribution < 1.29 is 22.1 Å². The van der Waals surface area contributed by atoms with E-state index in [0.29, 0.717) is 31.4 Å². The molecule has 0 bridgehead atoms. The molecule has 21 heavy (non-hydrogen) atoms. The number of ether oxygens (including phenoxy) is 1. The molecule has 0 amide bonds. The predicted octanol–water partition coefficient (Wildman–Crippen LogP) is 2.94. The Labute approximate surface area is 126 Å². The fraction of sp³-hybridized carbons (Fsp3) is 0.533. The lowest BCUT2D eigenvalue weighted by molar-refractivity contribution is -0.126. The lowest BCUT2D eigenvalue weighted by atomic mass is 10.1. The number of benzene rings is 1. The molecule has 0 spiro atoms. The highest BCUT2D eigenvalue weighted by atomic mass is 32.2. The number of hydrogen-bond acceptors (Lipinski definition) is 5. The molecule has 0 radical (unpaired) electrons. The summed E-state index contributed by atoms with van der Waals surface area (Å²) in [5.74, 6) is 0.387. The Balaban J connectivity index is 2.91. The van der Waals surface area contributed by atoms with E-state index in [0.717, 1.165) is 0 Å². The van der Waals surface area contributed by atoms with Crippen LogP contribution < -0.4 is 4.74 Å². The van der Waals surface area contributed by atoms with Crippen LogP contribution in [-0.4, -0.2) is 27.4 Å². The van der Waals surface area contributed by atoms with Crippen LogP contribution >= 0.6 is 0 Å². The van der Waals surface area contributed by atoms with Gasteiger partial charge in [0.05, 0.1) is 12.0 Å². The number of ketones is 1. The number of carbonyl (C=O) groups excluding carboxylic acids is 1. The molecule has 1 atom stereocenters. The van der Waals surface area contributed by atoms with E-state index in [2.05, 4.69) is 0 Å². The normalized spacial score (nSPS) is 12.9. The number of carbonyl (C=O) groups is 1. The van der Waals surface area contributed by atoms with Crippen molar-refractivity contribution in [3.63, 3.8) is 0 Å². The van der Waals surface area contributed by atoms with Crippen LogP contribution in [0.1, 0.15) is 39.5 Å². The topological polar surface area (TPSA) is 69.7 Å². The van der Waals surface area contributed by atoms with E-state index >= 15 is 0 Å². The minimum Gasteiger partial charge on any atom is -0.497 e. The first-order valence-corrected chi connectivity index (χ1v) is 8.45. The maximum Gasteiger partial charge on any atom is 0.297 e. The summed E-state index contributed by atoms with van der Waals surface area (Å²) in [7, 11) is -2.45. The first-order chi connectivity index (χ1) is 9.94. The summed E-state index contributed by atoms with van der Waals surface area (Å²) in [5, 5.41) is 0. The van der Waals surface area contributed by atoms with Gasteiger partial charge in [0.2, 0.25) is 0 Å². The molecule has 1 aromatic carbocycles. The van der Waals surface area contributed by atoms with Crippen molar-refractivity contribution in [1.82, 2.24) is 0 Å². The van der Waals surface area contributed by atoms with Crippen molar-refractivity contribution in [3.8, 4) is 5.75 Å². The molecule has 1 unspecified atom stereocenters. The Morgan fingerprint density at radius 3 is 2.24 bits per heavy atom. The summed E-state index contributed by atoms with van der Waals surface area (Å²) in [6, 6.07) is 5.89. The van der Waals surface area contributed by atoms with Crippen LogP contribution in [0.4, 0.5) is 0 Å². The number of methoxy groups -OCH3 is 1. The Hall–Kier alpha value is -1.40. The molecule has 1 aromatic rings. The van der Waals surface area contributed by atoms with Crippen LogP contribution in [0.5, 0.6) is 5.75 Å². The van der Waals surface area contributed by atoms with Crippen molar-refractivity contribution in [2.24, 2.45) is 0 Å². The molecule has 0 saturated heterocycles. The van der Waals surface area contributed by atoms with Gasteiger partial charge in [0.15, 0.2) is 5.78 Å². The van der Waals surface area contributed by atoms with Crippen LogP contribution in [0, 0.1) is 0 Å². The quantitative estimate of drug-likeness (QED) is 0.655. The number of hydrogen-bond donors (Lipinski definition) is 0. The summed E-state index contributed by atoms with van der Waals surface area (Å²) in [6.07, 6.45) is 1.17. The Morgan fingerprint density at radius 2 is 1.76 bits per heavy atom. The van der Waals surface area contributed by atoms with Crippen LogP contribution in [0.2, 0.25) is 0 Å². The monoisotopic (exact) mass is 314 g/mol. The number of Topliss-reactive ketones (excluding diaryl/α,β-unsaturated/α-hetero) is 1. The van der Waals surface area contributed by atoms with Gasteiger partial charge in [0.1, 0.15) is 11.9 Å². The highest BCUT2D eigenvalue weighted by Gasteiger charge is 2.26. The fourth-order valence-corrected chi connectivity index (χ4v) is 2.97. The molecule has 0 aliphatic carbocycles. The second-order valence-corrected chi connectivity index (χ2v) is 6.29. The van der Waals surface area contributed by atoms with E-state index in [9.17, 15) is 13.2 Å². The second-order valence-electron chi connectivity index (χ2n) is 4.72. The van der Waals surface area contributed by atoms with E-state index in [-0.39, 0.29) is 10.7 Å². The smallest absolute Gasteiger partial charge is 0.297 e. The molecule has 0 heterocycles. The SMILES string of the molecule is CCCC(=O)C(CCC)OS(=O)(=O)c1ccc(OC)cc1. The summed E-state index contributed by atoms with van der Waals surface area (Å²) in [6.45, 7) is 3.76. The van der Waals surface area contributed by atoms with E-state index in [1.165, 1.54) is 19.2 Å². The molecular formula is C15H22O5S. The van der Waals surface area contributed by atoms with Gasteiger partial charge in [-0.05, 0) is 37.1 Å².